The Hall–Kier alpha value is -2.16. The zero-order chi connectivity index (χ0) is 14.6. The Labute approximate surface area is 115 Å². The van der Waals surface area contributed by atoms with Crippen LogP contribution in [0.3, 0.4) is 0 Å². The molecule has 0 aromatic rings. The van der Waals surface area contributed by atoms with Gasteiger partial charge in [-0.1, -0.05) is 43.5 Å². The molecule has 0 aromatic heterocycles. The molecule has 0 aromatic carbocycles. The van der Waals surface area contributed by atoms with Gasteiger partial charge in [0.15, 0.2) is 0 Å². The molecule has 0 amide bonds. The summed E-state index contributed by atoms with van der Waals surface area (Å²) in [5, 5.41) is 0. The normalized spacial score (nSPS) is 16.1. The molecular formula is C16H21N3. The molecule has 0 bridgehead atoms. The van der Waals surface area contributed by atoms with Crippen LogP contribution in [0.2, 0.25) is 0 Å². The van der Waals surface area contributed by atoms with Crippen molar-refractivity contribution >= 4 is 11.7 Å². The van der Waals surface area contributed by atoms with Crippen LogP contribution in [0.5, 0.6) is 0 Å². The summed E-state index contributed by atoms with van der Waals surface area (Å²) in [5.74, 6) is 0.666. The Morgan fingerprint density at radius 1 is 1.26 bits per heavy atom. The predicted molar refractivity (Wildman–Crippen MR) is 84.5 cm³/mol. The molecule has 0 radical (unpaired) electrons. The lowest BCUT2D eigenvalue weighted by molar-refractivity contribution is 0.616. The van der Waals surface area contributed by atoms with Crippen LogP contribution in [-0.2, 0) is 0 Å². The molecule has 0 spiro atoms. The smallest absolute Gasteiger partial charge is 0.226 e. The number of rotatable bonds is 4. The zero-order valence-corrected chi connectivity index (χ0v) is 12.2. The van der Waals surface area contributed by atoms with Crippen LogP contribution in [0.15, 0.2) is 70.4 Å². The summed E-state index contributed by atoms with van der Waals surface area (Å²) < 4.78 is 0. The van der Waals surface area contributed by atoms with Crippen LogP contribution < -0.4 is 0 Å². The fourth-order valence-electron chi connectivity index (χ4n) is 1.78. The van der Waals surface area contributed by atoms with Gasteiger partial charge in [-0.3, -0.25) is 0 Å². The summed E-state index contributed by atoms with van der Waals surface area (Å²) in [6.45, 7) is 15.7. The van der Waals surface area contributed by atoms with Gasteiger partial charge in [-0.25, -0.2) is 9.98 Å². The predicted octanol–water partition coefficient (Wildman–Crippen LogP) is 3.51. The summed E-state index contributed by atoms with van der Waals surface area (Å²) in [6.07, 6.45) is 5.68. The average Bonchev–Trinajstić information content (AvgIpc) is 2.71. The maximum Gasteiger partial charge on any atom is 0.226 e. The first-order valence-electron chi connectivity index (χ1n) is 6.12. The Morgan fingerprint density at radius 3 is 2.26 bits per heavy atom. The van der Waals surface area contributed by atoms with Crippen molar-refractivity contribution in [1.29, 1.82) is 0 Å². The van der Waals surface area contributed by atoms with Crippen molar-refractivity contribution in [2.45, 2.75) is 13.8 Å². The highest BCUT2D eigenvalue weighted by Crippen LogP contribution is 2.25. The minimum atomic E-state index is 0.666. The fourth-order valence-corrected chi connectivity index (χ4v) is 1.78. The average molecular weight is 255 g/mol. The van der Waals surface area contributed by atoms with E-state index in [0.717, 1.165) is 22.4 Å². The lowest BCUT2D eigenvalue weighted by Crippen LogP contribution is -2.18. The van der Waals surface area contributed by atoms with Crippen LogP contribution in [0.4, 0.5) is 0 Å². The third-order valence-corrected chi connectivity index (χ3v) is 2.70. The Kier molecular flexibility index (Phi) is 4.81. The van der Waals surface area contributed by atoms with Crippen molar-refractivity contribution in [3.63, 3.8) is 0 Å². The summed E-state index contributed by atoms with van der Waals surface area (Å²) in [6, 6.07) is 0. The Morgan fingerprint density at radius 2 is 1.89 bits per heavy atom. The second kappa shape index (κ2) is 6.14. The molecule has 0 atom stereocenters. The minimum Gasteiger partial charge on any atom is -0.347 e. The van der Waals surface area contributed by atoms with Gasteiger partial charge >= 0.3 is 0 Å². The molecule has 0 saturated carbocycles. The number of guanidine groups is 1. The molecule has 0 N–H and O–H groups in total. The van der Waals surface area contributed by atoms with E-state index in [4.69, 9.17) is 0 Å². The molecule has 1 aliphatic rings. The molecule has 1 rings (SSSR count). The fraction of sp³-hybridized carbons (Fsp3) is 0.250. The van der Waals surface area contributed by atoms with Crippen molar-refractivity contribution in [2.75, 3.05) is 14.1 Å². The highest BCUT2D eigenvalue weighted by molar-refractivity contribution is 6.22. The lowest BCUT2D eigenvalue weighted by atomic mass is 9.94. The van der Waals surface area contributed by atoms with Gasteiger partial charge in [-0.15, -0.1) is 0 Å². The summed E-state index contributed by atoms with van der Waals surface area (Å²) >= 11 is 0. The van der Waals surface area contributed by atoms with Gasteiger partial charge < -0.3 is 4.90 Å². The monoisotopic (exact) mass is 255 g/mol. The molecule has 1 heterocycles. The Bertz CT molecular complexity index is 540. The van der Waals surface area contributed by atoms with E-state index in [2.05, 4.69) is 29.7 Å². The van der Waals surface area contributed by atoms with E-state index in [9.17, 15) is 0 Å². The van der Waals surface area contributed by atoms with Gasteiger partial charge in [0.2, 0.25) is 5.96 Å². The summed E-state index contributed by atoms with van der Waals surface area (Å²) in [4.78, 5) is 10.8. The first-order valence-corrected chi connectivity index (χ1v) is 6.12. The quantitative estimate of drug-likeness (QED) is 0.706. The van der Waals surface area contributed by atoms with E-state index >= 15 is 0 Å². The third kappa shape index (κ3) is 3.19. The van der Waals surface area contributed by atoms with Crippen molar-refractivity contribution in [2.24, 2.45) is 9.98 Å². The first kappa shape index (κ1) is 14.9. The number of aliphatic imine (C=N–C) groups is 2. The second-order valence-corrected chi connectivity index (χ2v) is 4.51. The van der Waals surface area contributed by atoms with E-state index in [1.54, 1.807) is 6.08 Å². The molecule has 19 heavy (non-hydrogen) atoms. The number of allylic oxidation sites excluding steroid dienone is 6. The van der Waals surface area contributed by atoms with Gasteiger partial charge in [0.25, 0.3) is 0 Å². The molecule has 0 aliphatic carbocycles. The van der Waals surface area contributed by atoms with Crippen LogP contribution in [0.1, 0.15) is 13.8 Å². The van der Waals surface area contributed by atoms with Crippen LogP contribution in [-0.4, -0.2) is 30.7 Å². The highest BCUT2D eigenvalue weighted by Gasteiger charge is 2.21. The zero-order valence-electron chi connectivity index (χ0n) is 12.2. The molecule has 0 saturated heterocycles. The van der Waals surface area contributed by atoms with Crippen molar-refractivity contribution in [3.05, 3.63) is 60.4 Å². The van der Waals surface area contributed by atoms with E-state index < -0.39 is 0 Å². The maximum absolute atomic E-state index is 4.53. The van der Waals surface area contributed by atoms with Crippen molar-refractivity contribution in [3.8, 4) is 0 Å². The molecule has 3 nitrogen and oxygen atoms in total. The molecule has 3 heteroatoms. The van der Waals surface area contributed by atoms with E-state index in [0.29, 0.717) is 11.7 Å². The van der Waals surface area contributed by atoms with Crippen molar-refractivity contribution in [1.82, 2.24) is 4.90 Å². The standard InChI is InChI=1S/C16H21N3/c1-8-10-14(11(3)4)13(9-2)15-12(5)17-16(18-15)19(6)7/h8-10H,1,3,5H2,2,4,6-7H3/b13-9+,14-10-. The molecule has 100 valence electrons. The van der Waals surface area contributed by atoms with Crippen LogP contribution in [0.25, 0.3) is 0 Å². The molecule has 0 fully saturated rings. The number of hydrogen-bond acceptors (Lipinski definition) is 3. The largest absolute Gasteiger partial charge is 0.347 e. The highest BCUT2D eigenvalue weighted by atomic mass is 15.3. The molecular weight excluding hydrogens is 234 g/mol. The van der Waals surface area contributed by atoms with Crippen LogP contribution in [0, 0.1) is 0 Å². The van der Waals surface area contributed by atoms with E-state index in [-0.39, 0.29) is 0 Å². The lowest BCUT2D eigenvalue weighted by Gasteiger charge is -2.12. The van der Waals surface area contributed by atoms with Gasteiger partial charge in [0.1, 0.15) is 0 Å². The summed E-state index contributed by atoms with van der Waals surface area (Å²) in [7, 11) is 3.82. The summed E-state index contributed by atoms with van der Waals surface area (Å²) in [5.41, 5.74) is 4.42. The third-order valence-electron chi connectivity index (χ3n) is 2.70. The van der Waals surface area contributed by atoms with E-state index in [1.807, 2.05) is 45.0 Å². The number of nitrogens with zero attached hydrogens (tertiary/aromatic N) is 3. The van der Waals surface area contributed by atoms with E-state index in [1.165, 1.54) is 0 Å². The first-order chi connectivity index (χ1) is 8.92. The van der Waals surface area contributed by atoms with Crippen molar-refractivity contribution < 1.29 is 0 Å². The number of hydrogen-bond donors (Lipinski definition) is 0. The molecule has 0 unspecified atom stereocenters. The minimum absolute atomic E-state index is 0.666. The van der Waals surface area contributed by atoms with Gasteiger partial charge in [-0.05, 0) is 19.4 Å². The van der Waals surface area contributed by atoms with Crippen LogP contribution >= 0.6 is 0 Å². The van der Waals surface area contributed by atoms with Gasteiger partial charge in [-0.2, -0.15) is 0 Å². The molecule has 1 aliphatic heterocycles. The topological polar surface area (TPSA) is 28.0 Å². The maximum atomic E-state index is 4.53. The van der Waals surface area contributed by atoms with Gasteiger partial charge in [0, 0.05) is 19.7 Å². The SMILES string of the molecule is C=C/C=C(C(=C)C)\C(=C/C)C1=NC(N(C)C)=NC1=C. The Balaban J connectivity index is 3.25. The van der Waals surface area contributed by atoms with Gasteiger partial charge in [0.05, 0.1) is 11.4 Å². The second-order valence-electron chi connectivity index (χ2n) is 4.51.